The molecule has 0 saturated heterocycles. The van der Waals surface area contributed by atoms with Crippen molar-refractivity contribution < 1.29 is 4.79 Å². The van der Waals surface area contributed by atoms with E-state index in [0.29, 0.717) is 18.9 Å². The van der Waals surface area contributed by atoms with Gasteiger partial charge in [-0.05, 0) is 51.3 Å². The van der Waals surface area contributed by atoms with E-state index in [1.807, 2.05) is 48.9 Å². The Labute approximate surface area is 143 Å². The molecule has 1 amide bonds. The van der Waals surface area contributed by atoms with Crippen molar-refractivity contribution in [1.82, 2.24) is 15.1 Å². The monoisotopic (exact) mass is 326 g/mol. The van der Waals surface area contributed by atoms with Crippen LogP contribution in [0.5, 0.6) is 0 Å². The Kier molecular flexibility index (Phi) is 5.00. The first kappa shape index (κ1) is 16.7. The van der Waals surface area contributed by atoms with E-state index >= 15 is 0 Å². The molecule has 0 bridgehead atoms. The van der Waals surface area contributed by atoms with Gasteiger partial charge in [-0.1, -0.05) is 24.6 Å². The molecule has 1 aliphatic rings. The second-order valence-electron chi connectivity index (χ2n) is 6.67. The highest BCUT2D eigenvalue weighted by atomic mass is 16.1. The van der Waals surface area contributed by atoms with Crippen LogP contribution in [0.15, 0.2) is 30.3 Å². The maximum absolute atomic E-state index is 12.5. The molecule has 0 aliphatic heterocycles. The fourth-order valence-corrected chi connectivity index (χ4v) is 3.68. The lowest BCUT2D eigenvalue weighted by Crippen LogP contribution is -2.40. The molecule has 128 valence electrons. The summed E-state index contributed by atoms with van der Waals surface area (Å²) < 4.78 is 1.91. The van der Waals surface area contributed by atoms with E-state index < -0.39 is 0 Å². The van der Waals surface area contributed by atoms with Crippen molar-refractivity contribution in [3.8, 4) is 5.69 Å². The topological polar surface area (TPSA) is 72.9 Å². The van der Waals surface area contributed by atoms with Crippen LogP contribution in [-0.2, 0) is 11.2 Å². The number of rotatable bonds is 5. The van der Waals surface area contributed by atoms with Gasteiger partial charge in [0.2, 0.25) is 5.91 Å². The first-order chi connectivity index (χ1) is 11.6. The lowest BCUT2D eigenvalue weighted by molar-refractivity contribution is -0.121. The van der Waals surface area contributed by atoms with Gasteiger partial charge in [-0.3, -0.25) is 4.79 Å². The van der Waals surface area contributed by atoms with E-state index in [4.69, 9.17) is 5.73 Å². The summed E-state index contributed by atoms with van der Waals surface area (Å²) in [6, 6.07) is 10.2. The number of carbonyl (C=O) groups is 1. The number of hydrogen-bond acceptors (Lipinski definition) is 3. The molecular formula is C19H26N4O. The van der Waals surface area contributed by atoms with Crippen LogP contribution in [0.25, 0.3) is 5.69 Å². The molecule has 2 atom stereocenters. The highest BCUT2D eigenvalue weighted by molar-refractivity contribution is 5.79. The quantitative estimate of drug-likeness (QED) is 0.885. The molecule has 1 fully saturated rings. The van der Waals surface area contributed by atoms with Crippen molar-refractivity contribution >= 4 is 5.91 Å². The Morgan fingerprint density at radius 3 is 2.75 bits per heavy atom. The van der Waals surface area contributed by atoms with Crippen LogP contribution in [0, 0.1) is 19.8 Å². The molecule has 2 aromatic rings. The summed E-state index contributed by atoms with van der Waals surface area (Å²) in [5, 5.41) is 7.79. The van der Waals surface area contributed by atoms with Crippen LogP contribution >= 0.6 is 0 Å². The molecule has 0 radical (unpaired) electrons. The number of aromatic nitrogens is 2. The normalized spacial score (nSPS) is 20.3. The average Bonchev–Trinajstić information content (AvgIpc) is 3.14. The number of nitrogens with zero attached hydrogens (tertiary/aromatic N) is 2. The second kappa shape index (κ2) is 7.18. The summed E-state index contributed by atoms with van der Waals surface area (Å²) in [6.07, 6.45) is 3.68. The Hall–Kier alpha value is -2.14. The van der Waals surface area contributed by atoms with Gasteiger partial charge in [0.25, 0.3) is 0 Å². The fraction of sp³-hybridized carbons (Fsp3) is 0.474. The van der Waals surface area contributed by atoms with E-state index in [-0.39, 0.29) is 11.9 Å². The highest BCUT2D eigenvalue weighted by Crippen LogP contribution is 2.25. The van der Waals surface area contributed by atoms with Gasteiger partial charge < -0.3 is 11.1 Å². The molecular weight excluding hydrogens is 300 g/mol. The van der Waals surface area contributed by atoms with Crippen LogP contribution in [-0.4, -0.2) is 28.3 Å². The number of nitrogens with one attached hydrogen (secondary N) is 1. The van der Waals surface area contributed by atoms with Crippen molar-refractivity contribution in [1.29, 1.82) is 0 Å². The van der Waals surface area contributed by atoms with E-state index in [1.54, 1.807) is 0 Å². The van der Waals surface area contributed by atoms with Crippen LogP contribution < -0.4 is 11.1 Å². The maximum Gasteiger partial charge on any atom is 0.224 e. The lowest BCUT2D eigenvalue weighted by Gasteiger charge is -2.19. The lowest BCUT2D eigenvalue weighted by atomic mass is 10.0. The molecule has 3 rings (SSSR count). The summed E-state index contributed by atoms with van der Waals surface area (Å²) in [5.74, 6) is 0.488. The second-order valence-corrected chi connectivity index (χ2v) is 6.67. The maximum atomic E-state index is 12.5. The predicted octanol–water partition coefficient (Wildman–Crippen LogP) is 2.28. The summed E-state index contributed by atoms with van der Waals surface area (Å²) in [7, 11) is 0. The standard InChI is InChI=1S/C19H26N4O/c1-13-17(11-19(24)21-18-10-6-7-15(18)12-20)14(2)23(22-13)16-8-4-3-5-9-16/h3-5,8-9,15,18H,6-7,10-12,20H2,1-2H3,(H,21,24). The third kappa shape index (κ3) is 3.36. The van der Waals surface area contributed by atoms with Gasteiger partial charge in [0.15, 0.2) is 0 Å². The van der Waals surface area contributed by atoms with Gasteiger partial charge in [0, 0.05) is 17.3 Å². The smallest absolute Gasteiger partial charge is 0.224 e. The number of amides is 1. The fourth-order valence-electron chi connectivity index (χ4n) is 3.68. The molecule has 5 heteroatoms. The number of benzene rings is 1. The molecule has 1 saturated carbocycles. The predicted molar refractivity (Wildman–Crippen MR) is 95.1 cm³/mol. The zero-order chi connectivity index (χ0) is 17.1. The third-order valence-electron chi connectivity index (χ3n) is 5.09. The number of hydrogen-bond donors (Lipinski definition) is 2. The molecule has 1 heterocycles. The minimum absolute atomic E-state index is 0.0687. The van der Waals surface area contributed by atoms with E-state index in [2.05, 4.69) is 10.4 Å². The number of para-hydroxylation sites is 1. The Bertz CT molecular complexity index is 708. The Morgan fingerprint density at radius 2 is 2.04 bits per heavy atom. The van der Waals surface area contributed by atoms with Gasteiger partial charge in [0.05, 0.1) is 17.8 Å². The molecule has 5 nitrogen and oxygen atoms in total. The molecule has 3 N–H and O–H groups in total. The van der Waals surface area contributed by atoms with E-state index in [0.717, 1.165) is 41.9 Å². The third-order valence-corrected chi connectivity index (χ3v) is 5.09. The number of nitrogens with two attached hydrogens (primary N) is 1. The van der Waals surface area contributed by atoms with Crippen molar-refractivity contribution in [2.24, 2.45) is 11.7 Å². The summed E-state index contributed by atoms with van der Waals surface area (Å²) in [5.41, 5.74) is 9.77. The average molecular weight is 326 g/mol. The van der Waals surface area contributed by atoms with Gasteiger partial charge in [-0.2, -0.15) is 5.10 Å². The Balaban J connectivity index is 1.73. The first-order valence-electron chi connectivity index (χ1n) is 8.70. The van der Waals surface area contributed by atoms with E-state index in [9.17, 15) is 4.79 Å². The summed E-state index contributed by atoms with van der Waals surface area (Å²) >= 11 is 0. The molecule has 1 aromatic heterocycles. The minimum Gasteiger partial charge on any atom is -0.353 e. The van der Waals surface area contributed by atoms with Crippen molar-refractivity contribution in [3.63, 3.8) is 0 Å². The van der Waals surface area contributed by atoms with Crippen LogP contribution in [0.1, 0.15) is 36.2 Å². The minimum atomic E-state index is 0.0687. The number of aryl methyl sites for hydroxylation is 1. The van der Waals surface area contributed by atoms with Gasteiger partial charge in [-0.15, -0.1) is 0 Å². The molecule has 1 aliphatic carbocycles. The van der Waals surface area contributed by atoms with Crippen molar-refractivity contribution in [3.05, 3.63) is 47.3 Å². The molecule has 24 heavy (non-hydrogen) atoms. The number of carbonyl (C=O) groups excluding carboxylic acids is 1. The molecule has 0 spiro atoms. The van der Waals surface area contributed by atoms with Gasteiger partial charge >= 0.3 is 0 Å². The summed E-state index contributed by atoms with van der Waals surface area (Å²) in [6.45, 7) is 4.64. The SMILES string of the molecule is Cc1nn(-c2ccccc2)c(C)c1CC(=O)NC1CCCC1CN. The van der Waals surface area contributed by atoms with Crippen molar-refractivity contribution in [2.45, 2.75) is 45.6 Å². The Morgan fingerprint density at radius 1 is 1.29 bits per heavy atom. The van der Waals surface area contributed by atoms with Gasteiger partial charge in [-0.25, -0.2) is 4.68 Å². The van der Waals surface area contributed by atoms with E-state index in [1.165, 1.54) is 0 Å². The largest absolute Gasteiger partial charge is 0.353 e. The highest BCUT2D eigenvalue weighted by Gasteiger charge is 2.27. The molecule has 1 aromatic carbocycles. The first-order valence-corrected chi connectivity index (χ1v) is 8.70. The zero-order valence-electron chi connectivity index (χ0n) is 14.5. The summed E-state index contributed by atoms with van der Waals surface area (Å²) in [4.78, 5) is 12.5. The van der Waals surface area contributed by atoms with Crippen molar-refractivity contribution in [2.75, 3.05) is 6.54 Å². The van der Waals surface area contributed by atoms with Crippen LogP contribution in [0.4, 0.5) is 0 Å². The molecule has 2 unspecified atom stereocenters. The van der Waals surface area contributed by atoms with Crippen LogP contribution in [0.3, 0.4) is 0 Å². The zero-order valence-corrected chi connectivity index (χ0v) is 14.5. The van der Waals surface area contributed by atoms with Crippen LogP contribution in [0.2, 0.25) is 0 Å². The van der Waals surface area contributed by atoms with Gasteiger partial charge in [0.1, 0.15) is 0 Å².